The second-order valence-corrected chi connectivity index (χ2v) is 3.86. The highest BCUT2D eigenvalue weighted by atomic mass is 16.5. The molecule has 0 aromatic carbocycles. The Morgan fingerprint density at radius 2 is 1.93 bits per heavy atom. The fourth-order valence-corrected chi connectivity index (χ4v) is 1.95. The maximum absolute atomic E-state index is 11.8. The SMILES string of the molecule is CCOC(=O)C(C)C(=O)C1CCCC1. The van der Waals surface area contributed by atoms with Gasteiger partial charge in [0.25, 0.3) is 0 Å². The van der Waals surface area contributed by atoms with Crippen LogP contribution in [0.4, 0.5) is 0 Å². The first-order valence-electron chi connectivity index (χ1n) is 5.37. The second-order valence-electron chi connectivity index (χ2n) is 3.86. The molecule has 0 radical (unpaired) electrons. The summed E-state index contributed by atoms with van der Waals surface area (Å²) in [5.74, 6) is -0.766. The van der Waals surface area contributed by atoms with Crippen molar-refractivity contribution in [3.8, 4) is 0 Å². The Hall–Kier alpha value is -0.860. The Bertz CT molecular complexity index is 217. The Morgan fingerprint density at radius 3 is 2.43 bits per heavy atom. The Labute approximate surface area is 84.8 Å². The largest absolute Gasteiger partial charge is 0.465 e. The van der Waals surface area contributed by atoms with Gasteiger partial charge in [-0.25, -0.2) is 0 Å². The van der Waals surface area contributed by atoms with Crippen LogP contribution in [0, 0.1) is 11.8 Å². The summed E-state index contributed by atoms with van der Waals surface area (Å²) < 4.78 is 4.82. The van der Waals surface area contributed by atoms with Crippen LogP contribution in [0.1, 0.15) is 39.5 Å². The third-order valence-corrected chi connectivity index (χ3v) is 2.82. The molecule has 3 heteroatoms. The zero-order chi connectivity index (χ0) is 10.6. The number of ketones is 1. The van der Waals surface area contributed by atoms with E-state index in [0.717, 1.165) is 25.7 Å². The van der Waals surface area contributed by atoms with Crippen LogP contribution in [-0.2, 0) is 14.3 Å². The van der Waals surface area contributed by atoms with E-state index < -0.39 is 5.92 Å². The first kappa shape index (κ1) is 11.2. The molecule has 0 saturated heterocycles. The van der Waals surface area contributed by atoms with Crippen LogP contribution in [0.25, 0.3) is 0 Å². The zero-order valence-corrected chi connectivity index (χ0v) is 8.91. The molecule has 0 heterocycles. The summed E-state index contributed by atoms with van der Waals surface area (Å²) >= 11 is 0. The molecule has 0 aliphatic heterocycles. The molecule has 1 aliphatic rings. The number of ether oxygens (including phenoxy) is 1. The number of rotatable bonds is 4. The monoisotopic (exact) mass is 198 g/mol. The van der Waals surface area contributed by atoms with Gasteiger partial charge in [0.2, 0.25) is 0 Å². The minimum absolute atomic E-state index is 0.0703. The lowest BCUT2D eigenvalue weighted by Gasteiger charge is -2.13. The van der Waals surface area contributed by atoms with Gasteiger partial charge in [-0.3, -0.25) is 9.59 Å². The molecule has 0 spiro atoms. The van der Waals surface area contributed by atoms with Gasteiger partial charge in [-0.05, 0) is 26.7 Å². The lowest BCUT2D eigenvalue weighted by molar-refractivity contribution is -0.151. The average molecular weight is 198 g/mol. The fourth-order valence-electron chi connectivity index (χ4n) is 1.95. The molecule has 3 nitrogen and oxygen atoms in total. The van der Waals surface area contributed by atoms with E-state index in [9.17, 15) is 9.59 Å². The van der Waals surface area contributed by atoms with Gasteiger partial charge < -0.3 is 4.74 Å². The minimum Gasteiger partial charge on any atom is -0.465 e. The third-order valence-electron chi connectivity index (χ3n) is 2.82. The topological polar surface area (TPSA) is 43.4 Å². The highest BCUT2D eigenvalue weighted by Crippen LogP contribution is 2.28. The van der Waals surface area contributed by atoms with Gasteiger partial charge in [0, 0.05) is 5.92 Å². The fraction of sp³-hybridized carbons (Fsp3) is 0.818. The molecule has 1 aliphatic carbocycles. The zero-order valence-electron chi connectivity index (χ0n) is 8.91. The van der Waals surface area contributed by atoms with Crippen molar-refractivity contribution in [3.05, 3.63) is 0 Å². The van der Waals surface area contributed by atoms with Crippen molar-refractivity contribution in [2.45, 2.75) is 39.5 Å². The number of esters is 1. The molecule has 14 heavy (non-hydrogen) atoms. The molecule has 1 atom stereocenters. The lowest BCUT2D eigenvalue weighted by Crippen LogP contribution is -2.28. The van der Waals surface area contributed by atoms with E-state index in [1.54, 1.807) is 13.8 Å². The Morgan fingerprint density at radius 1 is 1.36 bits per heavy atom. The maximum atomic E-state index is 11.8. The number of carbonyl (C=O) groups excluding carboxylic acids is 2. The summed E-state index contributed by atoms with van der Waals surface area (Å²) in [6.07, 6.45) is 4.13. The van der Waals surface area contributed by atoms with Crippen LogP contribution in [0.15, 0.2) is 0 Å². The molecular weight excluding hydrogens is 180 g/mol. The summed E-state index contributed by atoms with van der Waals surface area (Å²) in [6.45, 7) is 3.75. The average Bonchev–Trinajstić information content (AvgIpc) is 2.68. The quantitative estimate of drug-likeness (QED) is 0.512. The standard InChI is InChI=1S/C11H18O3/c1-3-14-11(13)8(2)10(12)9-6-4-5-7-9/h8-9H,3-7H2,1-2H3. The molecular formula is C11H18O3. The molecule has 1 saturated carbocycles. The molecule has 80 valence electrons. The predicted molar refractivity (Wildman–Crippen MR) is 52.8 cm³/mol. The molecule has 0 bridgehead atoms. The van der Waals surface area contributed by atoms with Crippen LogP contribution in [0.3, 0.4) is 0 Å². The van der Waals surface area contributed by atoms with Gasteiger partial charge in [0.1, 0.15) is 11.7 Å². The smallest absolute Gasteiger partial charge is 0.316 e. The van der Waals surface area contributed by atoms with Crippen LogP contribution in [-0.4, -0.2) is 18.4 Å². The van der Waals surface area contributed by atoms with E-state index in [-0.39, 0.29) is 17.7 Å². The summed E-state index contributed by atoms with van der Waals surface area (Å²) in [4.78, 5) is 23.1. The molecule has 0 aromatic heterocycles. The summed E-state index contributed by atoms with van der Waals surface area (Å²) in [6, 6.07) is 0. The first-order valence-corrected chi connectivity index (χ1v) is 5.37. The van der Waals surface area contributed by atoms with Gasteiger partial charge in [-0.15, -0.1) is 0 Å². The van der Waals surface area contributed by atoms with Crippen molar-refractivity contribution in [1.29, 1.82) is 0 Å². The van der Waals surface area contributed by atoms with Crippen molar-refractivity contribution in [2.75, 3.05) is 6.61 Å². The van der Waals surface area contributed by atoms with Crippen LogP contribution >= 0.6 is 0 Å². The predicted octanol–water partition coefficient (Wildman–Crippen LogP) is 1.94. The molecule has 0 N–H and O–H groups in total. The van der Waals surface area contributed by atoms with Crippen LogP contribution < -0.4 is 0 Å². The van der Waals surface area contributed by atoms with E-state index in [0.29, 0.717) is 6.61 Å². The molecule has 1 fully saturated rings. The van der Waals surface area contributed by atoms with Gasteiger partial charge in [0.15, 0.2) is 0 Å². The van der Waals surface area contributed by atoms with E-state index in [2.05, 4.69) is 0 Å². The first-order chi connectivity index (χ1) is 6.66. The van der Waals surface area contributed by atoms with Crippen molar-refractivity contribution in [2.24, 2.45) is 11.8 Å². The van der Waals surface area contributed by atoms with Gasteiger partial charge in [0.05, 0.1) is 6.61 Å². The normalized spacial score (nSPS) is 19.3. The van der Waals surface area contributed by atoms with E-state index in [1.165, 1.54) is 0 Å². The van der Waals surface area contributed by atoms with Gasteiger partial charge >= 0.3 is 5.97 Å². The summed E-state index contributed by atoms with van der Waals surface area (Å²) in [5.41, 5.74) is 0. The summed E-state index contributed by atoms with van der Waals surface area (Å²) in [5, 5.41) is 0. The van der Waals surface area contributed by atoms with Gasteiger partial charge in [-0.1, -0.05) is 12.8 Å². The molecule has 0 aromatic rings. The number of Topliss-reactive ketones (excluding diaryl/α,β-unsaturated/α-hetero) is 1. The lowest BCUT2D eigenvalue weighted by atomic mass is 9.93. The third kappa shape index (κ3) is 2.56. The second kappa shape index (κ2) is 5.13. The maximum Gasteiger partial charge on any atom is 0.316 e. The van der Waals surface area contributed by atoms with Crippen molar-refractivity contribution in [1.82, 2.24) is 0 Å². The minimum atomic E-state index is -0.571. The molecule has 0 amide bonds. The van der Waals surface area contributed by atoms with Gasteiger partial charge in [-0.2, -0.15) is 0 Å². The van der Waals surface area contributed by atoms with Crippen molar-refractivity contribution >= 4 is 11.8 Å². The number of hydrogen-bond acceptors (Lipinski definition) is 3. The number of carbonyl (C=O) groups is 2. The Balaban J connectivity index is 2.46. The molecule has 1 unspecified atom stereocenters. The summed E-state index contributed by atoms with van der Waals surface area (Å²) in [7, 11) is 0. The highest BCUT2D eigenvalue weighted by molar-refractivity contribution is 5.99. The van der Waals surface area contributed by atoms with E-state index in [4.69, 9.17) is 4.74 Å². The highest BCUT2D eigenvalue weighted by Gasteiger charge is 2.31. The van der Waals surface area contributed by atoms with Crippen molar-refractivity contribution in [3.63, 3.8) is 0 Å². The van der Waals surface area contributed by atoms with E-state index >= 15 is 0 Å². The molecule has 1 rings (SSSR count). The van der Waals surface area contributed by atoms with E-state index in [1.807, 2.05) is 0 Å². The van der Waals surface area contributed by atoms with Crippen molar-refractivity contribution < 1.29 is 14.3 Å². The van der Waals surface area contributed by atoms with Crippen LogP contribution in [0.2, 0.25) is 0 Å². The Kier molecular flexibility index (Phi) is 4.11. The number of hydrogen-bond donors (Lipinski definition) is 0. The van der Waals surface area contributed by atoms with Crippen LogP contribution in [0.5, 0.6) is 0 Å².